The lowest BCUT2D eigenvalue weighted by Crippen LogP contribution is -2.27. The van der Waals surface area contributed by atoms with Gasteiger partial charge in [-0.05, 0) is 13.8 Å². The van der Waals surface area contributed by atoms with Crippen LogP contribution >= 0.6 is 0 Å². The molecule has 1 heterocycles. The van der Waals surface area contributed by atoms with Gasteiger partial charge in [-0.15, -0.1) is 0 Å². The molecule has 0 fully saturated rings. The Morgan fingerprint density at radius 2 is 2.24 bits per heavy atom. The summed E-state index contributed by atoms with van der Waals surface area (Å²) in [7, 11) is 0. The van der Waals surface area contributed by atoms with Gasteiger partial charge < -0.3 is 20.5 Å². The second-order valence-electron chi connectivity index (χ2n) is 3.55. The molecular formula is C11H20N4O2. The van der Waals surface area contributed by atoms with Crippen molar-refractivity contribution in [1.82, 2.24) is 9.97 Å². The van der Waals surface area contributed by atoms with Crippen molar-refractivity contribution in [2.45, 2.75) is 13.8 Å². The normalized spacial score (nSPS) is 10.4. The minimum absolute atomic E-state index is 0.0931. The SMILES string of the molecule is CCN(CCO)c1cc(OCCN)nc(C)n1. The van der Waals surface area contributed by atoms with Crippen LogP contribution in [0.15, 0.2) is 6.07 Å². The van der Waals surface area contributed by atoms with Crippen molar-refractivity contribution < 1.29 is 9.84 Å². The Kier molecular flexibility index (Phi) is 5.65. The topological polar surface area (TPSA) is 84.5 Å². The second-order valence-corrected chi connectivity index (χ2v) is 3.55. The van der Waals surface area contributed by atoms with Gasteiger partial charge in [-0.2, -0.15) is 4.98 Å². The summed E-state index contributed by atoms with van der Waals surface area (Å²) in [6.45, 7) is 6.11. The second kappa shape index (κ2) is 7.03. The van der Waals surface area contributed by atoms with Crippen molar-refractivity contribution in [3.8, 4) is 5.88 Å². The molecular weight excluding hydrogens is 220 g/mol. The smallest absolute Gasteiger partial charge is 0.218 e. The van der Waals surface area contributed by atoms with Gasteiger partial charge in [0.15, 0.2) is 0 Å². The van der Waals surface area contributed by atoms with Crippen LogP contribution in [0.5, 0.6) is 5.88 Å². The maximum atomic E-state index is 8.98. The molecule has 0 unspecified atom stereocenters. The quantitative estimate of drug-likeness (QED) is 0.694. The molecule has 96 valence electrons. The lowest BCUT2D eigenvalue weighted by molar-refractivity contribution is 0.301. The fourth-order valence-electron chi connectivity index (χ4n) is 1.48. The number of hydrogen-bond acceptors (Lipinski definition) is 6. The van der Waals surface area contributed by atoms with Crippen LogP contribution in [-0.2, 0) is 0 Å². The van der Waals surface area contributed by atoms with E-state index < -0.39 is 0 Å². The van der Waals surface area contributed by atoms with E-state index in [0.717, 1.165) is 12.4 Å². The van der Waals surface area contributed by atoms with Crippen molar-refractivity contribution in [1.29, 1.82) is 0 Å². The number of aromatic nitrogens is 2. The van der Waals surface area contributed by atoms with Gasteiger partial charge in [0.25, 0.3) is 0 Å². The highest BCUT2D eigenvalue weighted by atomic mass is 16.5. The molecule has 0 radical (unpaired) electrons. The lowest BCUT2D eigenvalue weighted by atomic mass is 10.4. The first-order chi connectivity index (χ1) is 8.21. The molecule has 0 saturated heterocycles. The molecule has 17 heavy (non-hydrogen) atoms. The van der Waals surface area contributed by atoms with E-state index in [2.05, 4.69) is 9.97 Å². The summed E-state index contributed by atoms with van der Waals surface area (Å²) >= 11 is 0. The summed E-state index contributed by atoms with van der Waals surface area (Å²) in [4.78, 5) is 10.5. The summed E-state index contributed by atoms with van der Waals surface area (Å²) in [6, 6.07) is 1.77. The first-order valence-corrected chi connectivity index (χ1v) is 5.75. The Hall–Kier alpha value is -1.40. The van der Waals surface area contributed by atoms with Gasteiger partial charge in [0.1, 0.15) is 18.2 Å². The molecule has 1 aromatic heterocycles. The summed E-state index contributed by atoms with van der Waals surface area (Å²) in [5.74, 6) is 1.93. The van der Waals surface area contributed by atoms with Crippen LogP contribution in [0.25, 0.3) is 0 Å². The Labute approximate surface area is 101 Å². The monoisotopic (exact) mass is 240 g/mol. The average Bonchev–Trinajstić information content (AvgIpc) is 2.32. The molecule has 0 bridgehead atoms. The number of anilines is 1. The molecule has 0 aliphatic heterocycles. The highest BCUT2D eigenvalue weighted by Crippen LogP contribution is 2.17. The van der Waals surface area contributed by atoms with E-state index in [0.29, 0.717) is 31.4 Å². The van der Waals surface area contributed by atoms with E-state index in [9.17, 15) is 0 Å². The van der Waals surface area contributed by atoms with Crippen LogP contribution < -0.4 is 15.4 Å². The molecule has 6 nitrogen and oxygen atoms in total. The number of hydrogen-bond donors (Lipinski definition) is 2. The zero-order valence-corrected chi connectivity index (χ0v) is 10.4. The predicted octanol–water partition coefficient (Wildman–Crippen LogP) is -0.0589. The third-order valence-corrected chi connectivity index (χ3v) is 2.24. The van der Waals surface area contributed by atoms with Crippen LogP contribution in [0.1, 0.15) is 12.7 Å². The standard InChI is InChI=1S/C11H20N4O2/c1-3-15(5-6-16)10-8-11(17-7-4-12)14-9(2)13-10/h8,16H,3-7,12H2,1-2H3. The van der Waals surface area contributed by atoms with Gasteiger partial charge in [0.05, 0.1) is 6.61 Å². The molecule has 0 amide bonds. The highest BCUT2D eigenvalue weighted by molar-refractivity contribution is 5.41. The minimum Gasteiger partial charge on any atom is -0.476 e. The maximum Gasteiger partial charge on any atom is 0.218 e. The molecule has 1 rings (SSSR count). The number of likely N-dealkylation sites (N-methyl/N-ethyl adjacent to an activating group) is 1. The predicted molar refractivity (Wildman–Crippen MR) is 66.3 cm³/mol. The molecule has 0 aliphatic rings. The van der Waals surface area contributed by atoms with Gasteiger partial charge in [-0.25, -0.2) is 4.98 Å². The van der Waals surface area contributed by atoms with Crippen LogP contribution in [0.2, 0.25) is 0 Å². The zero-order valence-electron chi connectivity index (χ0n) is 10.4. The molecule has 0 aromatic carbocycles. The van der Waals surface area contributed by atoms with E-state index >= 15 is 0 Å². The molecule has 0 aliphatic carbocycles. The molecule has 0 spiro atoms. The largest absolute Gasteiger partial charge is 0.476 e. The Bertz CT molecular complexity index is 346. The van der Waals surface area contributed by atoms with E-state index in [-0.39, 0.29) is 6.61 Å². The van der Waals surface area contributed by atoms with Crippen molar-refractivity contribution in [2.24, 2.45) is 5.73 Å². The molecule has 6 heteroatoms. The number of rotatable bonds is 7. The van der Waals surface area contributed by atoms with Crippen LogP contribution in [0.4, 0.5) is 5.82 Å². The molecule has 3 N–H and O–H groups in total. The third-order valence-electron chi connectivity index (χ3n) is 2.24. The zero-order chi connectivity index (χ0) is 12.7. The van der Waals surface area contributed by atoms with Crippen molar-refractivity contribution >= 4 is 5.82 Å². The lowest BCUT2D eigenvalue weighted by Gasteiger charge is -2.21. The number of ether oxygens (including phenoxy) is 1. The average molecular weight is 240 g/mol. The maximum absolute atomic E-state index is 8.98. The van der Waals surface area contributed by atoms with Gasteiger partial charge in [-0.1, -0.05) is 0 Å². The Morgan fingerprint density at radius 1 is 1.47 bits per heavy atom. The summed E-state index contributed by atoms with van der Waals surface area (Å²) in [5.41, 5.74) is 5.37. The van der Waals surface area contributed by atoms with Crippen molar-refractivity contribution in [2.75, 3.05) is 37.7 Å². The summed E-state index contributed by atoms with van der Waals surface area (Å²) in [5, 5.41) is 8.98. The number of nitrogens with two attached hydrogens (primary N) is 1. The fraction of sp³-hybridized carbons (Fsp3) is 0.636. The van der Waals surface area contributed by atoms with Gasteiger partial charge >= 0.3 is 0 Å². The van der Waals surface area contributed by atoms with Crippen LogP contribution in [0.3, 0.4) is 0 Å². The Balaban J connectivity index is 2.86. The number of nitrogens with zero attached hydrogens (tertiary/aromatic N) is 3. The van der Waals surface area contributed by atoms with Crippen LogP contribution in [-0.4, -0.2) is 47.9 Å². The van der Waals surface area contributed by atoms with E-state index in [1.807, 2.05) is 18.7 Å². The van der Waals surface area contributed by atoms with Gasteiger partial charge in [-0.3, -0.25) is 0 Å². The van der Waals surface area contributed by atoms with Crippen molar-refractivity contribution in [3.63, 3.8) is 0 Å². The minimum atomic E-state index is 0.0931. The fourth-order valence-corrected chi connectivity index (χ4v) is 1.48. The van der Waals surface area contributed by atoms with Crippen molar-refractivity contribution in [3.05, 3.63) is 11.9 Å². The molecule has 1 aromatic rings. The van der Waals surface area contributed by atoms with Crippen LogP contribution in [0, 0.1) is 6.92 Å². The number of aryl methyl sites for hydroxylation is 1. The first kappa shape index (κ1) is 13.7. The van der Waals surface area contributed by atoms with Gasteiger partial charge in [0.2, 0.25) is 5.88 Å². The van der Waals surface area contributed by atoms with E-state index in [1.165, 1.54) is 0 Å². The number of aliphatic hydroxyl groups excluding tert-OH is 1. The van der Waals surface area contributed by atoms with E-state index in [4.69, 9.17) is 15.6 Å². The highest BCUT2D eigenvalue weighted by Gasteiger charge is 2.09. The summed E-state index contributed by atoms with van der Waals surface area (Å²) in [6.07, 6.45) is 0. The Morgan fingerprint density at radius 3 is 2.82 bits per heavy atom. The van der Waals surface area contributed by atoms with Gasteiger partial charge in [0, 0.05) is 25.7 Å². The number of aliphatic hydroxyl groups is 1. The molecule has 0 atom stereocenters. The third kappa shape index (κ3) is 4.16. The molecule has 0 saturated carbocycles. The first-order valence-electron chi connectivity index (χ1n) is 5.75. The summed E-state index contributed by atoms with van der Waals surface area (Å²) < 4.78 is 5.38. The van der Waals surface area contributed by atoms with E-state index in [1.54, 1.807) is 6.07 Å².